The van der Waals surface area contributed by atoms with Crippen LogP contribution in [0.4, 0.5) is 0 Å². The number of fused-ring (bicyclic) bond motifs is 4. The van der Waals surface area contributed by atoms with E-state index in [4.69, 9.17) is 14.5 Å². The molecule has 182 valence electrons. The maximum absolute atomic E-state index is 13.5. The molecule has 6 rings (SSSR count). The smallest absolute Gasteiger partial charge is 0.233 e. The predicted molar refractivity (Wildman–Crippen MR) is 139 cm³/mol. The Bertz CT molecular complexity index is 1520. The van der Waals surface area contributed by atoms with Gasteiger partial charge in [0.2, 0.25) is 5.91 Å². The normalized spacial score (nSPS) is 17.3. The number of imidazole rings is 1. The number of nitrogens with zero attached hydrogens (tertiary/aromatic N) is 4. The van der Waals surface area contributed by atoms with Crippen LogP contribution in [0, 0.1) is 18.3 Å². The number of aryl methyl sites for hydroxylation is 1. The molecule has 0 radical (unpaired) electrons. The quantitative estimate of drug-likeness (QED) is 0.356. The lowest BCUT2D eigenvalue weighted by molar-refractivity contribution is -0.129. The van der Waals surface area contributed by atoms with Crippen LogP contribution in [0.1, 0.15) is 42.0 Å². The van der Waals surface area contributed by atoms with Gasteiger partial charge in [-0.1, -0.05) is 30.0 Å². The standard InChI is InChI=1S/C28H26N4O3S/c1-18-14-27(32-23-7-3-2-6-21(23)30-28(32)20(18)16-29)36-17-26(33)31-11-4-8-22(31)19-9-10-24-25(15-19)35-13-5-12-34-24/h2-3,6-7,9-10,14-15,22H,4-5,8,11-13,17H2,1H3. The van der Waals surface area contributed by atoms with Crippen LogP contribution in [-0.2, 0) is 4.79 Å². The van der Waals surface area contributed by atoms with E-state index < -0.39 is 0 Å². The van der Waals surface area contributed by atoms with Crippen molar-refractivity contribution >= 4 is 34.3 Å². The van der Waals surface area contributed by atoms with Gasteiger partial charge in [-0.15, -0.1) is 0 Å². The van der Waals surface area contributed by atoms with E-state index in [0.29, 0.717) is 30.2 Å². The van der Waals surface area contributed by atoms with Crippen molar-refractivity contribution in [1.29, 1.82) is 5.26 Å². The Hall–Kier alpha value is -3.70. The van der Waals surface area contributed by atoms with Gasteiger partial charge >= 0.3 is 0 Å². The Kier molecular flexibility index (Phi) is 5.94. The number of amides is 1. The molecule has 36 heavy (non-hydrogen) atoms. The average Bonchev–Trinajstić information content (AvgIpc) is 3.46. The number of aromatic nitrogens is 2. The zero-order chi connectivity index (χ0) is 24.6. The summed E-state index contributed by atoms with van der Waals surface area (Å²) in [6.07, 6.45) is 2.77. The molecule has 0 spiro atoms. The van der Waals surface area contributed by atoms with Crippen molar-refractivity contribution in [1.82, 2.24) is 14.3 Å². The van der Waals surface area contributed by atoms with Crippen molar-refractivity contribution in [3.8, 4) is 17.6 Å². The number of rotatable bonds is 4. The number of thioether (sulfide) groups is 1. The largest absolute Gasteiger partial charge is 0.490 e. The number of carbonyl (C=O) groups excluding carboxylic acids is 1. The molecule has 0 N–H and O–H groups in total. The molecule has 2 aromatic heterocycles. The van der Waals surface area contributed by atoms with E-state index in [9.17, 15) is 10.1 Å². The van der Waals surface area contributed by atoms with E-state index >= 15 is 0 Å². The summed E-state index contributed by atoms with van der Waals surface area (Å²) in [5, 5.41) is 10.6. The highest BCUT2D eigenvalue weighted by Gasteiger charge is 2.31. The highest BCUT2D eigenvalue weighted by molar-refractivity contribution is 7.99. The van der Waals surface area contributed by atoms with Crippen LogP contribution >= 0.6 is 11.8 Å². The molecule has 4 aromatic rings. The molecule has 0 aliphatic carbocycles. The maximum Gasteiger partial charge on any atom is 0.233 e. The highest BCUT2D eigenvalue weighted by atomic mass is 32.2. The van der Waals surface area contributed by atoms with Crippen molar-refractivity contribution in [2.24, 2.45) is 0 Å². The minimum absolute atomic E-state index is 0.0343. The third-order valence-electron chi connectivity index (χ3n) is 6.92. The number of hydrogen-bond acceptors (Lipinski definition) is 6. The fourth-order valence-electron chi connectivity index (χ4n) is 5.18. The first-order chi connectivity index (χ1) is 17.6. The van der Waals surface area contributed by atoms with E-state index in [0.717, 1.165) is 64.5 Å². The zero-order valence-corrected chi connectivity index (χ0v) is 20.9. The summed E-state index contributed by atoms with van der Waals surface area (Å²) in [7, 11) is 0. The van der Waals surface area contributed by atoms with Crippen molar-refractivity contribution in [3.05, 3.63) is 65.2 Å². The van der Waals surface area contributed by atoms with Gasteiger partial charge in [0.05, 0.1) is 46.6 Å². The van der Waals surface area contributed by atoms with Gasteiger partial charge in [-0.05, 0) is 61.2 Å². The number of hydrogen-bond donors (Lipinski definition) is 0. The van der Waals surface area contributed by atoms with Gasteiger partial charge in [-0.25, -0.2) is 4.98 Å². The predicted octanol–water partition coefficient (Wildman–Crippen LogP) is 5.28. The van der Waals surface area contributed by atoms with Crippen molar-refractivity contribution < 1.29 is 14.3 Å². The Morgan fingerprint density at radius 3 is 2.83 bits per heavy atom. The molecular formula is C28H26N4O3S. The van der Waals surface area contributed by atoms with Crippen LogP contribution in [0.2, 0.25) is 0 Å². The van der Waals surface area contributed by atoms with Crippen molar-refractivity contribution in [3.63, 3.8) is 0 Å². The summed E-state index contributed by atoms with van der Waals surface area (Å²) in [6, 6.07) is 18.2. The second-order valence-electron chi connectivity index (χ2n) is 9.20. The molecule has 2 aliphatic heterocycles. The first kappa shape index (κ1) is 22.7. The van der Waals surface area contributed by atoms with Crippen LogP contribution < -0.4 is 9.47 Å². The molecule has 0 bridgehead atoms. The fourth-order valence-corrected chi connectivity index (χ4v) is 6.19. The molecule has 2 aromatic carbocycles. The number of benzene rings is 2. The molecule has 4 heterocycles. The SMILES string of the molecule is Cc1cc(SCC(=O)N2CCCC2c2ccc3c(c2)OCCCO3)n2c(nc3ccccc32)c1C#N. The molecule has 0 saturated carbocycles. The molecule has 8 heteroatoms. The summed E-state index contributed by atoms with van der Waals surface area (Å²) in [6.45, 7) is 3.96. The molecule has 1 saturated heterocycles. The Labute approximate surface area is 213 Å². The maximum atomic E-state index is 13.5. The van der Waals surface area contributed by atoms with Gasteiger partial charge in [-0.3, -0.25) is 9.20 Å². The summed E-state index contributed by atoms with van der Waals surface area (Å²) >= 11 is 1.50. The van der Waals surface area contributed by atoms with Crippen LogP contribution in [-0.4, -0.2) is 45.7 Å². The van der Waals surface area contributed by atoms with E-state index in [-0.39, 0.29) is 11.9 Å². The number of pyridine rings is 1. The zero-order valence-electron chi connectivity index (χ0n) is 20.1. The Balaban J connectivity index is 1.27. The van der Waals surface area contributed by atoms with Crippen molar-refractivity contribution in [2.45, 2.75) is 37.3 Å². The number of carbonyl (C=O) groups is 1. The topological polar surface area (TPSA) is 79.9 Å². The minimum Gasteiger partial charge on any atom is -0.490 e. The lowest BCUT2D eigenvalue weighted by Crippen LogP contribution is -2.32. The van der Waals surface area contributed by atoms with E-state index in [1.54, 1.807) is 0 Å². The van der Waals surface area contributed by atoms with E-state index in [1.807, 2.05) is 58.7 Å². The lowest BCUT2D eigenvalue weighted by Gasteiger charge is -2.26. The summed E-state index contributed by atoms with van der Waals surface area (Å²) < 4.78 is 13.7. The van der Waals surface area contributed by atoms with Gasteiger partial charge in [0.1, 0.15) is 6.07 Å². The Morgan fingerprint density at radius 1 is 1.14 bits per heavy atom. The van der Waals surface area contributed by atoms with Crippen LogP contribution in [0.25, 0.3) is 16.7 Å². The first-order valence-corrected chi connectivity index (χ1v) is 13.3. The monoisotopic (exact) mass is 498 g/mol. The van der Waals surface area contributed by atoms with Gasteiger partial charge < -0.3 is 14.4 Å². The van der Waals surface area contributed by atoms with Gasteiger partial charge in [0.25, 0.3) is 0 Å². The van der Waals surface area contributed by atoms with Crippen LogP contribution in [0.3, 0.4) is 0 Å². The molecule has 2 aliphatic rings. The van der Waals surface area contributed by atoms with Crippen LogP contribution in [0.5, 0.6) is 11.5 Å². The third-order valence-corrected chi connectivity index (χ3v) is 7.91. The lowest BCUT2D eigenvalue weighted by atomic mass is 10.0. The second kappa shape index (κ2) is 9.40. The minimum atomic E-state index is 0.0343. The van der Waals surface area contributed by atoms with Crippen LogP contribution in [0.15, 0.2) is 53.6 Å². The molecule has 1 amide bonds. The van der Waals surface area contributed by atoms with Crippen molar-refractivity contribution in [2.75, 3.05) is 25.5 Å². The molecule has 1 atom stereocenters. The number of nitriles is 1. The highest BCUT2D eigenvalue weighted by Crippen LogP contribution is 2.38. The van der Waals surface area contributed by atoms with Gasteiger partial charge in [0.15, 0.2) is 17.1 Å². The summed E-state index contributed by atoms with van der Waals surface area (Å²) in [4.78, 5) is 20.2. The fraction of sp³-hybridized carbons (Fsp3) is 0.321. The summed E-state index contributed by atoms with van der Waals surface area (Å²) in [5.74, 6) is 1.96. The Morgan fingerprint density at radius 2 is 1.97 bits per heavy atom. The van der Waals surface area contributed by atoms with E-state index in [2.05, 4.69) is 12.1 Å². The number of para-hydroxylation sites is 2. The second-order valence-corrected chi connectivity index (χ2v) is 10.2. The number of ether oxygens (including phenoxy) is 2. The summed E-state index contributed by atoms with van der Waals surface area (Å²) in [5.41, 5.74) is 4.93. The van der Waals surface area contributed by atoms with Gasteiger partial charge in [0, 0.05) is 13.0 Å². The molecule has 1 fully saturated rings. The number of likely N-dealkylation sites (tertiary alicyclic amines) is 1. The molecule has 7 nitrogen and oxygen atoms in total. The third kappa shape index (κ3) is 3.94. The molecule has 1 unspecified atom stereocenters. The molecular weight excluding hydrogens is 472 g/mol. The van der Waals surface area contributed by atoms with Gasteiger partial charge in [-0.2, -0.15) is 5.26 Å². The van der Waals surface area contributed by atoms with E-state index in [1.165, 1.54) is 11.8 Å². The first-order valence-electron chi connectivity index (χ1n) is 12.3. The average molecular weight is 499 g/mol.